The average Bonchev–Trinajstić information content (AvgIpc) is 3.08. The molecular weight excluding hydrogens is 282 g/mol. The summed E-state index contributed by atoms with van der Waals surface area (Å²) in [6, 6.07) is 0. The Bertz CT molecular complexity index is 535. The van der Waals surface area contributed by atoms with Crippen molar-refractivity contribution in [1.29, 1.82) is 0 Å². The van der Waals surface area contributed by atoms with Gasteiger partial charge in [-0.1, -0.05) is 11.3 Å². The van der Waals surface area contributed by atoms with E-state index in [1.807, 2.05) is 13.2 Å². The van der Waals surface area contributed by atoms with Gasteiger partial charge >= 0.3 is 0 Å². The van der Waals surface area contributed by atoms with Crippen LogP contribution >= 0.6 is 22.7 Å². The van der Waals surface area contributed by atoms with Crippen molar-refractivity contribution in [2.45, 2.75) is 6.54 Å². The lowest BCUT2D eigenvalue weighted by Gasteiger charge is -2.25. The van der Waals surface area contributed by atoms with Crippen molar-refractivity contribution < 1.29 is 4.74 Å². The van der Waals surface area contributed by atoms with Crippen LogP contribution in [0.15, 0.2) is 6.20 Å². The fourth-order valence-electron chi connectivity index (χ4n) is 1.86. The smallest absolute Gasteiger partial charge is 0.205 e. The summed E-state index contributed by atoms with van der Waals surface area (Å²) >= 11 is 3.24. The van der Waals surface area contributed by atoms with Gasteiger partial charge in [0, 0.05) is 26.3 Å². The monoisotopic (exact) mass is 297 g/mol. The van der Waals surface area contributed by atoms with Crippen LogP contribution in [-0.2, 0) is 11.3 Å². The Morgan fingerprint density at radius 3 is 2.89 bits per heavy atom. The molecule has 19 heavy (non-hydrogen) atoms. The first-order valence-electron chi connectivity index (χ1n) is 6.11. The first-order valence-corrected chi connectivity index (χ1v) is 7.75. The largest absolute Gasteiger partial charge is 0.379 e. The molecule has 1 saturated heterocycles. The number of morpholine rings is 1. The van der Waals surface area contributed by atoms with E-state index in [0.717, 1.165) is 52.9 Å². The van der Waals surface area contributed by atoms with Gasteiger partial charge in [-0.2, -0.15) is 0 Å². The maximum Gasteiger partial charge on any atom is 0.205 e. The van der Waals surface area contributed by atoms with E-state index in [0.29, 0.717) is 0 Å². The highest BCUT2D eigenvalue weighted by Crippen LogP contribution is 2.30. The second-order valence-electron chi connectivity index (χ2n) is 4.17. The highest BCUT2D eigenvalue weighted by Gasteiger charge is 2.14. The number of thiazole rings is 1. The van der Waals surface area contributed by atoms with Gasteiger partial charge < -0.3 is 10.1 Å². The van der Waals surface area contributed by atoms with E-state index >= 15 is 0 Å². The zero-order valence-electron chi connectivity index (χ0n) is 10.6. The second-order valence-corrected chi connectivity index (χ2v) is 6.26. The fraction of sp³-hybridized carbons (Fsp3) is 0.545. The van der Waals surface area contributed by atoms with Crippen LogP contribution in [0.4, 0.5) is 5.13 Å². The Balaban J connectivity index is 1.68. The molecule has 0 bridgehead atoms. The van der Waals surface area contributed by atoms with Crippen molar-refractivity contribution in [3.63, 3.8) is 0 Å². The molecule has 1 N–H and O–H groups in total. The molecule has 0 saturated carbocycles. The summed E-state index contributed by atoms with van der Waals surface area (Å²) < 4.78 is 5.34. The van der Waals surface area contributed by atoms with Crippen molar-refractivity contribution >= 4 is 27.8 Å². The predicted molar refractivity (Wildman–Crippen MR) is 76.7 cm³/mol. The lowest BCUT2D eigenvalue weighted by atomic mass is 10.4. The van der Waals surface area contributed by atoms with Crippen molar-refractivity contribution in [2.75, 3.05) is 38.7 Å². The zero-order chi connectivity index (χ0) is 13.1. The topological polar surface area (TPSA) is 63.2 Å². The molecule has 102 valence electrons. The van der Waals surface area contributed by atoms with E-state index in [2.05, 4.69) is 25.4 Å². The van der Waals surface area contributed by atoms with Gasteiger partial charge in [0.2, 0.25) is 5.13 Å². The van der Waals surface area contributed by atoms with Crippen molar-refractivity contribution in [3.8, 4) is 9.88 Å². The Kier molecular flexibility index (Phi) is 4.02. The van der Waals surface area contributed by atoms with Crippen molar-refractivity contribution in [3.05, 3.63) is 11.2 Å². The van der Waals surface area contributed by atoms with Gasteiger partial charge in [-0.15, -0.1) is 21.5 Å². The van der Waals surface area contributed by atoms with E-state index in [9.17, 15) is 0 Å². The number of hydrogen-bond donors (Lipinski definition) is 1. The number of ether oxygens (including phenoxy) is 1. The zero-order valence-corrected chi connectivity index (χ0v) is 12.3. The van der Waals surface area contributed by atoms with Crippen molar-refractivity contribution in [1.82, 2.24) is 20.1 Å². The summed E-state index contributed by atoms with van der Waals surface area (Å²) in [7, 11) is 1.85. The highest BCUT2D eigenvalue weighted by atomic mass is 32.1. The molecule has 0 radical (unpaired) electrons. The number of hydrogen-bond acceptors (Lipinski definition) is 8. The minimum Gasteiger partial charge on any atom is -0.379 e. The van der Waals surface area contributed by atoms with E-state index < -0.39 is 0 Å². The van der Waals surface area contributed by atoms with E-state index in [1.165, 1.54) is 0 Å². The molecule has 1 aliphatic rings. The molecule has 1 fully saturated rings. The number of aromatic nitrogens is 3. The minimum absolute atomic E-state index is 0.820. The highest BCUT2D eigenvalue weighted by molar-refractivity contribution is 7.23. The van der Waals surface area contributed by atoms with Crippen molar-refractivity contribution in [2.24, 2.45) is 0 Å². The van der Waals surface area contributed by atoms with Crippen LogP contribution in [0.5, 0.6) is 0 Å². The van der Waals surface area contributed by atoms with E-state index in [4.69, 9.17) is 4.74 Å². The van der Waals surface area contributed by atoms with Gasteiger partial charge in [-0.05, 0) is 0 Å². The molecule has 3 heterocycles. The number of nitrogens with zero attached hydrogens (tertiary/aromatic N) is 4. The molecule has 6 nitrogen and oxygen atoms in total. The van der Waals surface area contributed by atoms with Crippen LogP contribution in [-0.4, -0.2) is 53.4 Å². The minimum atomic E-state index is 0.820. The second kappa shape index (κ2) is 5.91. The SMILES string of the molecule is CNc1nnc(-c2cnc(CN3CCOCC3)s2)s1. The van der Waals surface area contributed by atoms with Crippen LogP contribution in [0.3, 0.4) is 0 Å². The number of nitrogens with one attached hydrogen (secondary N) is 1. The van der Waals surface area contributed by atoms with Gasteiger partial charge in [0.05, 0.1) is 24.6 Å². The predicted octanol–water partition coefficient (Wildman–Crippen LogP) is 1.54. The lowest BCUT2D eigenvalue weighted by molar-refractivity contribution is 0.0341. The summed E-state index contributed by atoms with van der Waals surface area (Å²) in [5, 5.41) is 14.1. The molecule has 0 atom stereocenters. The molecule has 1 aliphatic heterocycles. The van der Waals surface area contributed by atoms with Gasteiger partial charge in [-0.3, -0.25) is 4.90 Å². The molecule has 3 rings (SSSR count). The Labute approximate surface area is 119 Å². The van der Waals surface area contributed by atoms with Crippen LogP contribution in [0.2, 0.25) is 0 Å². The standard InChI is InChI=1S/C11H15N5OS2/c1-12-11-15-14-10(19-11)8-6-13-9(18-8)7-16-2-4-17-5-3-16/h6H,2-5,7H2,1H3,(H,12,15). The summed E-state index contributed by atoms with van der Waals surface area (Å²) in [5.41, 5.74) is 0. The molecule has 2 aromatic rings. The fourth-order valence-corrected chi connectivity index (χ4v) is 3.55. The molecular formula is C11H15N5OS2. The molecule has 0 unspecified atom stereocenters. The van der Waals surface area contributed by atoms with Gasteiger partial charge in [0.15, 0.2) is 5.01 Å². The maximum absolute atomic E-state index is 5.34. The number of anilines is 1. The molecule has 2 aromatic heterocycles. The van der Waals surface area contributed by atoms with E-state index in [1.54, 1.807) is 22.7 Å². The van der Waals surface area contributed by atoms with Crippen LogP contribution in [0.25, 0.3) is 9.88 Å². The first-order chi connectivity index (χ1) is 9.35. The van der Waals surface area contributed by atoms with Gasteiger partial charge in [0.1, 0.15) is 5.01 Å². The third kappa shape index (κ3) is 3.08. The first kappa shape index (κ1) is 12.9. The lowest BCUT2D eigenvalue weighted by Crippen LogP contribution is -2.35. The molecule has 0 aliphatic carbocycles. The third-order valence-corrected chi connectivity index (χ3v) is 4.96. The summed E-state index contributed by atoms with van der Waals surface area (Å²) in [6.07, 6.45) is 1.89. The maximum atomic E-state index is 5.34. The number of rotatable bonds is 4. The Morgan fingerprint density at radius 2 is 2.16 bits per heavy atom. The summed E-state index contributed by atoms with van der Waals surface area (Å²) in [6.45, 7) is 4.50. The summed E-state index contributed by atoms with van der Waals surface area (Å²) in [5.74, 6) is 0. The Hall–Kier alpha value is -1.09. The molecule has 0 aromatic carbocycles. The average molecular weight is 297 g/mol. The normalized spacial score (nSPS) is 16.7. The quantitative estimate of drug-likeness (QED) is 0.923. The van der Waals surface area contributed by atoms with Gasteiger partial charge in [0.25, 0.3) is 0 Å². The molecule has 0 amide bonds. The van der Waals surface area contributed by atoms with Crippen LogP contribution < -0.4 is 5.32 Å². The Morgan fingerprint density at radius 1 is 1.32 bits per heavy atom. The molecule has 8 heteroatoms. The summed E-state index contributed by atoms with van der Waals surface area (Å²) in [4.78, 5) is 7.93. The molecule has 0 spiro atoms. The van der Waals surface area contributed by atoms with E-state index in [-0.39, 0.29) is 0 Å². The third-order valence-electron chi connectivity index (χ3n) is 2.87. The van der Waals surface area contributed by atoms with Crippen LogP contribution in [0, 0.1) is 0 Å². The van der Waals surface area contributed by atoms with Crippen LogP contribution in [0.1, 0.15) is 5.01 Å². The van der Waals surface area contributed by atoms with Gasteiger partial charge in [-0.25, -0.2) is 4.98 Å².